The fourth-order valence-electron chi connectivity index (χ4n) is 2.07. The molecule has 79 valence electrons. The van der Waals surface area contributed by atoms with E-state index in [9.17, 15) is 0 Å². The number of hydrogen-bond acceptors (Lipinski definition) is 0. The van der Waals surface area contributed by atoms with Gasteiger partial charge in [0.1, 0.15) is 0 Å². The largest absolute Gasteiger partial charge is 1.00 e. The van der Waals surface area contributed by atoms with Crippen LogP contribution in [0.2, 0.25) is 0 Å². The minimum atomic E-state index is 0. The Balaban J connectivity index is 0.000000980. The normalized spacial score (nSPS) is 17.7. The summed E-state index contributed by atoms with van der Waals surface area (Å²) in [5, 5.41) is 0. The van der Waals surface area contributed by atoms with Gasteiger partial charge in [0.15, 0.2) is 0 Å². The van der Waals surface area contributed by atoms with Crippen molar-refractivity contribution in [2.75, 3.05) is 0 Å². The second-order valence-corrected chi connectivity index (χ2v) is 4.85. The van der Waals surface area contributed by atoms with Gasteiger partial charge in [0.05, 0.1) is 0 Å². The SMILES string of the molecule is CC(C)C1[C]([Ti+2])=Cc2ccccc21.[I-].[I-]. The number of fused-ring (bicyclic) bond motifs is 1. The molecule has 0 aliphatic heterocycles. The average molecular weight is 459 g/mol. The van der Waals surface area contributed by atoms with Crippen LogP contribution in [0.25, 0.3) is 6.08 Å². The minimum absolute atomic E-state index is 0. The van der Waals surface area contributed by atoms with Gasteiger partial charge in [-0.2, -0.15) is 0 Å². The Labute approximate surface area is 138 Å². The van der Waals surface area contributed by atoms with Crippen LogP contribution in [-0.4, -0.2) is 0 Å². The summed E-state index contributed by atoms with van der Waals surface area (Å²) in [7, 11) is 0. The molecule has 1 unspecified atom stereocenters. The summed E-state index contributed by atoms with van der Waals surface area (Å²) in [6, 6.07) is 8.72. The molecule has 0 heterocycles. The number of hydrogen-bond donors (Lipinski definition) is 0. The van der Waals surface area contributed by atoms with E-state index in [1.807, 2.05) is 0 Å². The monoisotopic (exact) mass is 459 g/mol. The number of rotatable bonds is 1. The molecule has 0 N–H and O–H groups in total. The topological polar surface area (TPSA) is 0 Å². The van der Waals surface area contributed by atoms with Crippen molar-refractivity contribution < 1.29 is 68.4 Å². The van der Waals surface area contributed by atoms with Gasteiger partial charge in [0.25, 0.3) is 0 Å². The van der Waals surface area contributed by atoms with Gasteiger partial charge in [-0.05, 0) is 0 Å². The summed E-state index contributed by atoms with van der Waals surface area (Å²) < 4.78 is 1.51. The van der Waals surface area contributed by atoms with E-state index in [-0.39, 0.29) is 48.0 Å². The van der Waals surface area contributed by atoms with Crippen LogP contribution in [0.1, 0.15) is 30.9 Å². The van der Waals surface area contributed by atoms with Gasteiger partial charge in [-0.25, -0.2) is 0 Å². The van der Waals surface area contributed by atoms with Crippen LogP contribution in [0.4, 0.5) is 0 Å². The second kappa shape index (κ2) is 6.77. The molecule has 0 amide bonds. The Bertz CT molecular complexity index is 358. The van der Waals surface area contributed by atoms with Crippen LogP contribution >= 0.6 is 0 Å². The summed E-state index contributed by atoms with van der Waals surface area (Å²) in [4.78, 5) is 0. The first kappa shape index (κ1) is 16.1. The van der Waals surface area contributed by atoms with Gasteiger partial charge in [-0.15, -0.1) is 0 Å². The zero-order valence-corrected chi connectivity index (χ0v) is 14.7. The first-order valence-electron chi connectivity index (χ1n) is 4.72. The molecule has 1 aliphatic rings. The quantitative estimate of drug-likeness (QED) is 0.318. The van der Waals surface area contributed by atoms with E-state index in [1.54, 1.807) is 0 Å². The molecule has 0 saturated carbocycles. The first-order chi connectivity index (χ1) is 6.20. The Morgan fingerprint density at radius 2 is 1.73 bits per heavy atom. The van der Waals surface area contributed by atoms with Crippen molar-refractivity contribution in [3.8, 4) is 0 Å². The van der Waals surface area contributed by atoms with Crippen LogP contribution in [0, 0.1) is 5.92 Å². The molecular weight excluding hydrogens is 446 g/mol. The first-order valence-corrected chi connectivity index (χ1v) is 5.50. The van der Waals surface area contributed by atoms with E-state index < -0.39 is 0 Å². The maximum absolute atomic E-state index is 2.32. The van der Waals surface area contributed by atoms with Gasteiger partial charge in [-0.3, -0.25) is 0 Å². The third-order valence-corrected chi connectivity index (χ3v) is 3.35. The summed E-state index contributed by atoms with van der Waals surface area (Å²) in [5.74, 6) is 1.36. The van der Waals surface area contributed by atoms with E-state index in [2.05, 4.69) is 64.6 Å². The van der Waals surface area contributed by atoms with Crippen molar-refractivity contribution in [3.63, 3.8) is 0 Å². The van der Waals surface area contributed by atoms with Crippen molar-refractivity contribution in [1.82, 2.24) is 0 Å². The van der Waals surface area contributed by atoms with E-state index in [0.29, 0.717) is 11.8 Å². The molecule has 0 saturated heterocycles. The van der Waals surface area contributed by atoms with E-state index in [0.717, 1.165) is 0 Å². The molecule has 15 heavy (non-hydrogen) atoms. The zero-order valence-electron chi connectivity index (χ0n) is 8.80. The Morgan fingerprint density at radius 3 is 2.33 bits per heavy atom. The molecule has 3 heteroatoms. The Hall–Kier alpha value is 1.13. The number of halogens is 2. The molecule has 0 spiro atoms. The van der Waals surface area contributed by atoms with Crippen LogP contribution in [0.5, 0.6) is 0 Å². The Morgan fingerprint density at radius 1 is 1.13 bits per heavy atom. The molecular formula is C12H13I2Ti. The standard InChI is InChI=1S/C12H13.2HI.Ti/c1-9(2)11-8-7-10-5-3-4-6-12(10)11;;;/h3-7,9,11H,1-2H3;2*1H;/q;;;+2/p-2. The predicted octanol–water partition coefficient (Wildman–Crippen LogP) is -2.66. The molecule has 0 radical (unpaired) electrons. The third-order valence-electron chi connectivity index (χ3n) is 2.64. The van der Waals surface area contributed by atoms with Crippen molar-refractivity contribution in [2.45, 2.75) is 19.8 Å². The van der Waals surface area contributed by atoms with E-state index >= 15 is 0 Å². The molecule has 0 aromatic heterocycles. The third kappa shape index (κ3) is 3.30. The maximum Gasteiger partial charge on any atom is -1.00 e. The summed E-state index contributed by atoms with van der Waals surface area (Å²) in [6.45, 7) is 4.59. The Kier molecular flexibility index (Phi) is 7.28. The van der Waals surface area contributed by atoms with Gasteiger partial charge in [0, 0.05) is 0 Å². The van der Waals surface area contributed by atoms with Gasteiger partial charge in [0.2, 0.25) is 0 Å². The van der Waals surface area contributed by atoms with Gasteiger partial charge in [-0.1, -0.05) is 0 Å². The van der Waals surface area contributed by atoms with Crippen molar-refractivity contribution in [2.24, 2.45) is 5.92 Å². The van der Waals surface area contributed by atoms with Gasteiger partial charge >= 0.3 is 91.5 Å². The van der Waals surface area contributed by atoms with Crippen LogP contribution in [-0.2, 0) is 20.4 Å². The average Bonchev–Trinajstić information content (AvgIpc) is 2.39. The van der Waals surface area contributed by atoms with E-state index in [1.165, 1.54) is 15.0 Å². The second-order valence-electron chi connectivity index (χ2n) is 3.95. The smallest absolute Gasteiger partial charge is 1.00 e. The van der Waals surface area contributed by atoms with Crippen molar-refractivity contribution in [1.29, 1.82) is 0 Å². The molecule has 1 aromatic carbocycles. The number of benzene rings is 1. The molecule has 1 aliphatic carbocycles. The molecule has 2 rings (SSSR count). The molecule has 0 fully saturated rings. The fourth-order valence-corrected chi connectivity index (χ4v) is 3.07. The molecule has 0 nitrogen and oxygen atoms in total. The minimum Gasteiger partial charge on any atom is -1.00 e. The molecule has 0 bridgehead atoms. The van der Waals surface area contributed by atoms with Crippen molar-refractivity contribution >= 4 is 6.08 Å². The van der Waals surface area contributed by atoms with Crippen LogP contribution in [0.15, 0.2) is 28.1 Å². The van der Waals surface area contributed by atoms with Crippen molar-refractivity contribution in [3.05, 3.63) is 39.3 Å². The fraction of sp³-hybridized carbons (Fsp3) is 0.333. The summed E-state index contributed by atoms with van der Waals surface area (Å²) >= 11 is 2.24. The van der Waals surface area contributed by atoms with Crippen LogP contribution in [0.3, 0.4) is 0 Å². The maximum atomic E-state index is 2.32. The number of allylic oxidation sites excluding steroid dienone is 1. The molecule has 1 atom stereocenters. The van der Waals surface area contributed by atoms with E-state index in [4.69, 9.17) is 0 Å². The predicted molar refractivity (Wildman–Crippen MR) is 52.0 cm³/mol. The molecule has 1 aromatic rings. The summed E-state index contributed by atoms with van der Waals surface area (Å²) in [6.07, 6.45) is 2.32. The summed E-state index contributed by atoms with van der Waals surface area (Å²) in [5.41, 5.74) is 2.92. The van der Waals surface area contributed by atoms with Crippen LogP contribution < -0.4 is 48.0 Å². The van der Waals surface area contributed by atoms with Gasteiger partial charge < -0.3 is 48.0 Å². The zero-order chi connectivity index (χ0) is 9.42.